The second-order valence-electron chi connectivity index (χ2n) is 4.11. The fraction of sp³-hybridized carbons (Fsp3) is 1.00. The SMILES string of the molecule is CC(O[SiH3])C(C)(C)CCCCN. The third-order valence-electron chi connectivity index (χ3n) is 2.73. The summed E-state index contributed by atoms with van der Waals surface area (Å²) in [6.45, 7) is 7.51. The smallest absolute Gasteiger partial charge is 0.146 e. The van der Waals surface area contributed by atoms with E-state index in [1.165, 1.54) is 12.8 Å². The van der Waals surface area contributed by atoms with Crippen LogP contribution in [0.5, 0.6) is 0 Å². The highest BCUT2D eigenvalue weighted by Crippen LogP contribution is 2.28. The highest BCUT2D eigenvalue weighted by Gasteiger charge is 2.24. The van der Waals surface area contributed by atoms with E-state index in [1.54, 1.807) is 0 Å². The molecule has 0 spiro atoms. The number of unbranched alkanes of at least 4 members (excludes halogenated alkanes) is 1. The van der Waals surface area contributed by atoms with Crippen LogP contribution >= 0.6 is 0 Å². The van der Waals surface area contributed by atoms with Crippen molar-refractivity contribution in [2.45, 2.75) is 46.1 Å². The van der Waals surface area contributed by atoms with Gasteiger partial charge in [-0.1, -0.05) is 20.3 Å². The lowest BCUT2D eigenvalue weighted by atomic mass is 9.82. The minimum Gasteiger partial charge on any atom is -0.425 e. The Kier molecular flexibility index (Phi) is 5.79. The van der Waals surface area contributed by atoms with Gasteiger partial charge in [0.05, 0.1) is 0 Å². The highest BCUT2D eigenvalue weighted by molar-refractivity contribution is 5.98. The summed E-state index contributed by atoms with van der Waals surface area (Å²) >= 11 is 0. The fourth-order valence-electron chi connectivity index (χ4n) is 1.25. The van der Waals surface area contributed by atoms with Crippen LogP contribution in [0.25, 0.3) is 0 Å². The lowest BCUT2D eigenvalue weighted by Gasteiger charge is -2.31. The van der Waals surface area contributed by atoms with E-state index < -0.39 is 0 Å². The van der Waals surface area contributed by atoms with Crippen LogP contribution in [0.2, 0.25) is 0 Å². The van der Waals surface area contributed by atoms with E-state index in [0.29, 0.717) is 11.5 Å². The van der Waals surface area contributed by atoms with Crippen molar-refractivity contribution < 1.29 is 4.43 Å². The standard InChI is InChI=1S/C9H23NOSi/c1-8(11-12)9(2,3)6-4-5-7-10/h8H,4-7,10H2,1-3,12H3. The molecule has 0 saturated carbocycles. The zero-order chi connectivity index (χ0) is 9.61. The summed E-state index contributed by atoms with van der Waals surface area (Å²) in [5, 5.41) is 0. The molecule has 0 amide bonds. The summed E-state index contributed by atoms with van der Waals surface area (Å²) in [5.41, 5.74) is 5.76. The number of rotatable bonds is 6. The van der Waals surface area contributed by atoms with Crippen LogP contribution < -0.4 is 5.73 Å². The molecule has 3 heteroatoms. The van der Waals surface area contributed by atoms with Gasteiger partial charge in [-0.3, -0.25) is 0 Å². The molecule has 1 atom stereocenters. The molecule has 0 aromatic carbocycles. The molecule has 2 nitrogen and oxygen atoms in total. The lowest BCUT2D eigenvalue weighted by molar-refractivity contribution is 0.0885. The Morgan fingerprint density at radius 2 is 2.00 bits per heavy atom. The zero-order valence-corrected chi connectivity index (χ0v) is 10.9. The van der Waals surface area contributed by atoms with Gasteiger partial charge in [0, 0.05) is 6.10 Å². The molecule has 12 heavy (non-hydrogen) atoms. The van der Waals surface area contributed by atoms with Crippen molar-refractivity contribution in [3.05, 3.63) is 0 Å². The molecule has 0 fully saturated rings. The predicted molar refractivity (Wildman–Crippen MR) is 57.2 cm³/mol. The van der Waals surface area contributed by atoms with E-state index >= 15 is 0 Å². The van der Waals surface area contributed by atoms with Crippen LogP contribution in [0.4, 0.5) is 0 Å². The Labute approximate surface area is 79.4 Å². The van der Waals surface area contributed by atoms with E-state index in [4.69, 9.17) is 10.2 Å². The van der Waals surface area contributed by atoms with Gasteiger partial charge in [0.1, 0.15) is 10.5 Å². The Hall–Kier alpha value is 0.137. The van der Waals surface area contributed by atoms with Gasteiger partial charge in [0.25, 0.3) is 0 Å². The molecule has 74 valence electrons. The first kappa shape index (κ1) is 12.1. The highest BCUT2D eigenvalue weighted by atomic mass is 28.2. The first-order chi connectivity index (χ1) is 5.54. The fourth-order valence-corrected chi connectivity index (χ4v) is 1.89. The van der Waals surface area contributed by atoms with Gasteiger partial charge in [-0.2, -0.15) is 0 Å². The van der Waals surface area contributed by atoms with Crippen molar-refractivity contribution >= 4 is 10.5 Å². The number of hydrogen-bond donors (Lipinski definition) is 1. The maximum atomic E-state index is 5.45. The molecule has 1 unspecified atom stereocenters. The molecule has 0 bridgehead atoms. The normalized spacial score (nSPS) is 15.0. The van der Waals surface area contributed by atoms with Crippen LogP contribution in [-0.4, -0.2) is 23.1 Å². The summed E-state index contributed by atoms with van der Waals surface area (Å²) in [6.07, 6.45) is 3.96. The summed E-state index contributed by atoms with van der Waals surface area (Å²) < 4.78 is 5.45. The lowest BCUT2D eigenvalue weighted by Crippen LogP contribution is -2.28. The molecule has 0 aliphatic heterocycles. The van der Waals surface area contributed by atoms with Crippen LogP contribution in [0.15, 0.2) is 0 Å². The average Bonchev–Trinajstić information content (AvgIpc) is 2.03. The molecule has 0 aromatic rings. The molecule has 2 N–H and O–H groups in total. The summed E-state index contributed by atoms with van der Waals surface area (Å²) in [5.74, 6) is 0. The Morgan fingerprint density at radius 3 is 2.42 bits per heavy atom. The largest absolute Gasteiger partial charge is 0.425 e. The topological polar surface area (TPSA) is 35.2 Å². The van der Waals surface area contributed by atoms with Crippen molar-refractivity contribution in [3.8, 4) is 0 Å². The molecule has 0 radical (unpaired) electrons. The van der Waals surface area contributed by atoms with Crippen LogP contribution in [0.3, 0.4) is 0 Å². The van der Waals surface area contributed by atoms with Gasteiger partial charge in [0.2, 0.25) is 0 Å². The molecule has 0 heterocycles. The minimum absolute atomic E-state index is 0.316. The van der Waals surface area contributed by atoms with Crippen molar-refractivity contribution in [2.24, 2.45) is 11.1 Å². The molecule has 0 aliphatic rings. The maximum absolute atomic E-state index is 5.45. The van der Waals surface area contributed by atoms with Crippen LogP contribution in [0, 0.1) is 5.41 Å². The van der Waals surface area contributed by atoms with E-state index in [9.17, 15) is 0 Å². The average molecular weight is 189 g/mol. The van der Waals surface area contributed by atoms with Crippen molar-refractivity contribution in [1.29, 1.82) is 0 Å². The van der Waals surface area contributed by atoms with Gasteiger partial charge in [-0.15, -0.1) is 0 Å². The molecule has 0 saturated heterocycles. The van der Waals surface area contributed by atoms with Gasteiger partial charge >= 0.3 is 0 Å². The van der Waals surface area contributed by atoms with Gasteiger partial charge in [-0.25, -0.2) is 0 Å². The van der Waals surface area contributed by atoms with Gasteiger partial charge < -0.3 is 10.2 Å². The van der Waals surface area contributed by atoms with E-state index in [1.807, 2.05) is 0 Å². The molecule has 0 rings (SSSR count). The predicted octanol–water partition coefficient (Wildman–Crippen LogP) is 0.827. The molecule has 0 aromatic heterocycles. The van der Waals surface area contributed by atoms with Crippen LogP contribution in [0.1, 0.15) is 40.0 Å². The van der Waals surface area contributed by atoms with E-state index in [2.05, 4.69) is 20.8 Å². The van der Waals surface area contributed by atoms with Gasteiger partial charge in [-0.05, 0) is 31.7 Å². The Balaban J connectivity index is 3.70. The quantitative estimate of drug-likeness (QED) is 0.496. The third kappa shape index (κ3) is 4.23. The first-order valence-electron chi connectivity index (χ1n) is 4.77. The molecular weight excluding hydrogens is 166 g/mol. The number of hydrogen-bond acceptors (Lipinski definition) is 2. The second kappa shape index (κ2) is 5.73. The Morgan fingerprint density at radius 1 is 1.42 bits per heavy atom. The van der Waals surface area contributed by atoms with Crippen molar-refractivity contribution in [3.63, 3.8) is 0 Å². The molecular formula is C9H23NOSi. The van der Waals surface area contributed by atoms with Crippen molar-refractivity contribution in [2.75, 3.05) is 6.54 Å². The number of nitrogens with two attached hydrogens (primary N) is 1. The first-order valence-corrected chi connectivity index (χ1v) is 5.59. The summed E-state index contributed by atoms with van der Waals surface area (Å²) in [7, 11) is 0.839. The summed E-state index contributed by atoms with van der Waals surface area (Å²) in [6, 6.07) is 0. The second-order valence-corrected chi connectivity index (χ2v) is 4.58. The summed E-state index contributed by atoms with van der Waals surface area (Å²) in [4.78, 5) is 0. The maximum Gasteiger partial charge on any atom is 0.146 e. The van der Waals surface area contributed by atoms with Crippen molar-refractivity contribution in [1.82, 2.24) is 0 Å². The third-order valence-corrected chi connectivity index (χ3v) is 3.44. The van der Waals surface area contributed by atoms with E-state index in [0.717, 1.165) is 23.5 Å². The molecule has 0 aliphatic carbocycles. The Bertz CT molecular complexity index is 117. The monoisotopic (exact) mass is 189 g/mol. The zero-order valence-electron chi connectivity index (χ0n) is 8.89. The minimum atomic E-state index is 0.316. The van der Waals surface area contributed by atoms with E-state index in [-0.39, 0.29) is 0 Å². The van der Waals surface area contributed by atoms with Gasteiger partial charge in [0.15, 0.2) is 0 Å². The van der Waals surface area contributed by atoms with Crippen LogP contribution in [-0.2, 0) is 4.43 Å².